The molecule has 0 aliphatic rings. The van der Waals surface area contributed by atoms with Gasteiger partial charge in [0.05, 0.1) is 16.8 Å². The van der Waals surface area contributed by atoms with Crippen LogP contribution in [0.25, 0.3) is 10.9 Å². The van der Waals surface area contributed by atoms with Crippen LogP contribution in [-0.2, 0) is 16.0 Å². The van der Waals surface area contributed by atoms with E-state index in [1.807, 2.05) is 37.3 Å². The molecule has 27 heavy (non-hydrogen) atoms. The molecule has 2 unspecified atom stereocenters. The lowest BCUT2D eigenvalue weighted by molar-refractivity contribution is -0.155. The van der Waals surface area contributed by atoms with Gasteiger partial charge in [0.2, 0.25) is 0 Å². The molecule has 0 amide bonds. The van der Waals surface area contributed by atoms with Crippen molar-refractivity contribution < 1.29 is 14.7 Å². The number of rotatable bonds is 6. The average Bonchev–Trinajstić information content (AvgIpc) is 2.70. The second-order valence-corrected chi connectivity index (χ2v) is 6.53. The van der Waals surface area contributed by atoms with E-state index < -0.39 is 11.7 Å². The van der Waals surface area contributed by atoms with Gasteiger partial charge in [-0.15, -0.1) is 4.73 Å². The molecule has 0 saturated carbocycles. The maximum atomic E-state index is 12.5. The Bertz CT molecular complexity index is 998. The second-order valence-electron chi connectivity index (χ2n) is 6.53. The smallest absolute Gasteiger partial charge is 0.309 e. The fourth-order valence-corrected chi connectivity index (χ4v) is 2.79. The fraction of sp³-hybridized carbons (Fsp3) is 0.286. The molecular weight excluding hydrogens is 344 g/mol. The summed E-state index contributed by atoms with van der Waals surface area (Å²) < 4.78 is 6.14. The molecule has 6 nitrogen and oxygen atoms in total. The average molecular weight is 366 g/mol. The molecule has 1 aromatic heterocycles. The van der Waals surface area contributed by atoms with E-state index in [1.165, 1.54) is 0 Å². The molecule has 0 bridgehead atoms. The number of esters is 1. The van der Waals surface area contributed by atoms with Crippen molar-refractivity contribution in [2.75, 3.05) is 0 Å². The molecule has 0 aliphatic carbocycles. The maximum Gasteiger partial charge on any atom is 0.309 e. The van der Waals surface area contributed by atoms with Gasteiger partial charge in [-0.2, -0.15) is 0 Å². The van der Waals surface area contributed by atoms with E-state index in [4.69, 9.17) is 4.74 Å². The van der Waals surface area contributed by atoms with Crippen molar-refractivity contribution in [3.8, 4) is 0 Å². The fourth-order valence-electron chi connectivity index (χ4n) is 2.79. The highest BCUT2D eigenvalue weighted by Gasteiger charge is 2.26. The van der Waals surface area contributed by atoms with Crippen molar-refractivity contribution in [2.24, 2.45) is 5.92 Å². The number of aromatic nitrogens is 2. The Hall–Kier alpha value is -3.15. The Morgan fingerprint density at radius 3 is 2.52 bits per heavy atom. The topological polar surface area (TPSA) is 81.4 Å². The molecule has 3 aromatic rings. The number of hydrogen-bond acceptors (Lipinski definition) is 5. The summed E-state index contributed by atoms with van der Waals surface area (Å²) in [6.07, 6.45) is 0.0543. The van der Waals surface area contributed by atoms with Crippen LogP contribution in [0.5, 0.6) is 0 Å². The van der Waals surface area contributed by atoms with Gasteiger partial charge in [0, 0.05) is 6.42 Å². The summed E-state index contributed by atoms with van der Waals surface area (Å²) in [5.41, 5.74) is 0.760. The van der Waals surface area contributed by atoms with Gasteiger partial charge in [-0.25, -0.2) is 4.98 Å². The quantitative estimate of drug-likeness (QED) is 0.533. The number of fused-ring (bicyclic) bond motifs is 1. The lowest BCUT2D eigenvalue weighted by Crippen LogP contribution is -2.29. The summed E-state index contributed by atoms with van der Waals surface area (Å²) >= 11 is 0. The highest BCUT2D eigenvalue weighted by Crippen LogP contribution is 2.23. The first-order chi connectivity index (χ1) is 13.0. The van der Waals surface area contributed by atoms with Crippen molar-refractivity contribution >= 4 is 16.9 Å². The maximum absolute atomic E-state index is 12.5. The van der Waals surface area contributed by atoms with E-state index >= 15 is 0 Å². The number of carbonyl (C=O) groups is 1. The van der Waals surface area contributed by atoms with Gasteiger partial charge in [-0.1, -0.05) is 56.3 Å². The van der Waals surface area contributed by atoms with Gasteiger partial charge in [0.25, 0.3) is 5.56 Å². The van der Waals surface area contributed by atoms with E-state index in [9.17, 15) is 14.8 Å². The van der Waals surface area contributed by atoms with Gasteiger partial charge in [-0.3, -0.25) is 9.59 Å². The van der Waals surface area contributed by atoms with E-state index in [0.29, 0.717) is 28.5 Å². The number of carbonyl (C=O) groups excluding carboxylic acids is 1. The molecule has 2 aromatic carbocycles. The minimum absolute atomic E-state index is 0.0132. The minimum Gasteiger partial charge on any atom is -0.453 e. The van der Waals surface area contributed by atoms with Crippen molar-refractivity contribution in [1.29, 1.82) is 0 Å². The van der Waals surface area contributed by atoms with E-state index in [2.05, 4.69) is 4.98 Å². The van der Waals surface area contributed by atoms with Gasteiger partial charge in [0.1, 0.15) is 0 Å². The highest BCUT2D eigenvalue weighted by molar-refractivity contribution is 5.77. The van der Waals surface area contributed by atoms with Crippen LogP contribution in [0.3, 0.4) is 0 Å². The second kappa shape index (κ2) is 8.03. The van der Waals surface area contributed by atoms with Crippen LogP contribution < -0.4 is 5.56 Å². The van der Waals surface area contributed by atoms with Gasteiger partial charge in [-0.05, 0) is 24.1 Å². The molecule has 140 valence electrons. The van der Waals surface area contributed by atoms with Gasteiger partial charge in [0.15, 0.2) is 11.9 Å². The zero-order valence-corrected chi connectivity index (χ0v) is 15.3. The molecule has 0 aliphatic heterocycles. The number of para-hydroxylation sites is 1. The van der Waals surface area contributed by atoms with Crippen molar-refractivity contribution in [1.82, 2.24) is 9.71 Å². The molecule has 3 rings (SSSR count). The molecule has 6 heteroatoms. The van der Waals surface area contributed by atoms with E-state index in [1.54, 1.807) is 31.2 Å². The van der Waals surface area contributed by atoms with Crippen LogP contribution in [0.15, 0.2) is 59.4 Å². The van der Waals surface area contributed by atoms with Gasteiger partial charge < -0.3 is 9.94 Å². The molecule has 1 N–H and O–H groups in total. The Morgan fingerprint density at radius 2 is 1.81 bits per heavy atom. The SMILES string of the molecule is CCC(C)C(=O)OC(Cc1ccccc1)c1nc2ccccc2c(=O)n1O. The Balaban J connectivity index is 2.06. The Labute approximate surface area is 157 Å². The first kappa shape index (κ1) is 18.6. The number of benzene rings is 2. The van der Waals surface area contributed by atoms with Crippen molar-refractivity contribution in [2.45, 2.75) is 32.8 Å². The predicted octanol–water partition coefficient (Wildman–Crippen LogP) is 3.51. The first-order valence-electron chi connectivity index (χ1n) is 8.96. The zero-order valence-electron chi connectivity index (χ0n) is 15.3. The third-order valence-corrected chi connectivity index (χ3v) is 4.60. The molecular formula is C21H22N2O4. The van der Waals surface area contributed by atoms with Crippen LogP contribution in [-0.4, -0.2) is 20.9 Å². The molecule has 0 fully saturated rings. The van der Waals surface area contributed by atoms with Gasteiger partial charge >= 0.3 is 5.97 Å². The predicted molar refractivity (Wildman–Crippen MR) is 102 cm³/mol. The normalized spacial score (nSPS) is 13.3. The number of ether oxygens (including phenoxy) is 1. The van der Waals surface area contributed by atoms with Crippen LogP contribution in [0, 0.1) is 5.92 Å². The van der Waals surface area contributed by atoms with Crippen molar-refractivity contribution in [3.05, 3.63) is 76.3 Å². The number of hydrogen-bond donors (Lipinski definition) is 1. The number of nitrogens with zero attached hydrogens (tertiary/aromatic N) is 2. The van der Waals surface area contributed by atoms with Crippen LogP contribution in [0.4, 0.5) is 0 Å². The highest BCUT2D eigenvalue weighted by atomic mass is 16.6. The Morgan fingerprint density at radius 1 is 1.15 bits per heavy atom. The van der Waals surface area contributed by atoms with Crippen molar-refractivity contribution in [3.63, 3.8) is 0 Å². The molecule has 0 saturated heterocycles. The standard InChI is InChI=1S/C21H22N2O4/c1-3-14(2)21(25)27-18(13-15-9-5-4-6-10-15)19-22-17-12-8-7-11-16(17)20(24)23(19)26/h4-12,14,18,26H,3,13H2,1-2H3. The van der Waals surface area contributed by atoms with E-state index in [0.717, 1.165) is 5.56 Å². The monoisotopic (exact) mass is 366 g/mol. The summed E-state index contributed by atoms with van der Waals surface area (Å²) in [5.74, 6) is -0.664. The third kappa shape index (κ3) is 4.00. The molecule has 2 atom stereocenters. The van der Waals surface area contributed by atoms with E-state index in [-0.39, 0.29) is 17.7 Å². The molecule has 1 heterocycles. The first-order valence-corrected chi connectivity index (χ1v) is 8.96. The lowest BCUT2D eigenvalue weighted by atomic mass is 10.1. The molecule has 0 radical (unpaired) electrons. The summed E-state index contributed by atoms with van der Waals surface area (Å²) in [6, 6.07) is 16.2. The van der Waals surface area contributed by atoms with Crippen LogP contribution >= 0.6 is 0 Å². The summed E-state index contributed by atoms with van der Waals surface area (Å²) in [6.45, 7) is 3.68. The van der Waals surface area contributed by atoms with Crippen LogP contribution in [0.2, 0.25) is 0 Å². The van der Waals surface area contributed by atoms with Crippen LogP contribution in [0.1, 0.15) is 37.8 Å². The third-order valence-electron chi connectivity index (χ3n) is 4.60. The summed E-state index contributed by atoms with van der Waals surface area (Å²) in [5, 5.41) is 10.7. The lowest BCUT2D eigenvalue weighted by Gasteiger charge is -2.21. The minimum atomic E-state index is -0.879. The summed E-state index contributed by atoms with van der Waals surface area (Å²) in [7, 11) is 0. The Kier molecular flexibility index (Phi) is 5.54. The zero-order chi connectivity index (χ0) is 19.4. The summed E-state index contributed by atoms with van der Waals surface area (Å²) in [4.78, 5) is 29.3. The largest absolute Gasteiger partial charge is 0.453 e. The molecule has 0 spiro atoms.